The Kier molecular flexibility index (Phi) is 4.01. The van der Waals surface area contributed by atoms with Crippen molar-refractivity contribution >= 4 is 16.6 Å². The maximum atomic E-state index is 5.29. The molecule has 0 fully saturated rings. The van der Waals surface area contributed by atoms with Crippen molar-refractivity contribution in [3.63, 3.8) is 0 Å². The molecule has 0 N–H and O–H groups in total. The molecule has 29 heavy (non-hydrogen) atoms. The van der Waals surface area contributed by atoms with Gasteiger partial charge in [-0.3, -0.25) is 4.98 Å². The first-order valence-electron chi connectivity index (χ1n) is 9.24. The summed E-state index contributed by atoms with van der Waals surface area (Å²) in [5.41, 5.74) is 7.73. The number of aryl methyl sites for hydroxylation is 1. The van der Waals surface area contributed by atoms with Crippen LogP contribution in [0.25, 0.3) is 27.9 Å². The molecule has 1 aromatic carbocycles. The van der Waals surface area contributed by atoms with Crippen LogP contribution >= 0.6 is 0 Å². The molecule has 1 aliphatic carbocycles. The highest BCUT2D eigenvalue weighted by atomic mass is 16.5. The van der Waals surface area contributed by atoms with Crippen LogP contribution in [-0.2, 0) is 13.5 Å². The van der Waals surface area contributed by atoms with Crippen molar-refractivity contribution in [2.45, 2.75) is 6.42 Å². The van der Waals surface area contributed by atoms with Gasteiger partial charge in [0.1, 0.15) is 0 Å². The summed E-state index contributed by atoms with van der Waals surface area (Å²) in [7, 11) is 5.16. The van der Waals surface area contributed by atoms with Crippen LogP contribution in [0.3, 0.4) is 0 Å². The SMILES string of the molecule is COc1cc(-c2cnc3c(n2)C(c2ccc4ncn(C)c4c2)=CC3)cc(OC)n1. The lowest BCUT2D eigenvalue weighted by atomic mass is 10.0. The number of aromatic nitrogens is 5. The van der Waals surface area contributed by atoms with Crippen molar-refractivity contribution in [2.75, 3.05) is 14.2 Å². The highest BCUT2D eigenvalue weighted by Crippen LogP contribution is 2.34. The quantitative estimate of drug-likeness (QED) is 0.536. The van der Waals surface area contributed by atoms with Gasteiger partial charge in [0.2, 0.25) is 11.8 Å². The predicted molar refractivity (Wildman–Crippen MR) is 110 cm³/mol. The average Bonchev–Trinajstić information content (AvgIpc) is 3.36. The van der Waals surface area contributed by atoms with Crippen molar-refractivity contribution in [1.29, 1.82) is 0 Å². The van der Waals surface area contributed by atoms with Crippen molar-refractivity contribution in [2.24, 2.45) is 7.05 Å². The van der Waals surface area contributed by atoms with Gasteiger partial charge in [0, 0.05) is 36.7 Å². The molecule has 7 nitrogen and oxygen atoms in total. The van der Waals surface area contributed by atoms with Gasteiger partial charge in [0.05, 0.1) is 54.9 Å². The lowest BCUT2D eigenvalue weighted by Gasteiger charge is -2.10. The topological polar surface area (TPSA) is 75.0 Å². The van der Waals surface area contributed by atoms with E-state index in [-0.39, 0.29) is 0 Å². The first-order valence-corrected chi connectivity index (χ1v) is 9.24. The zero-order chi connectivity index (χ0) is 20.0. The second-order valence-corrected chi connectivity index (χ2v) is 6.87. The number of methoxy groups -OCH3 is 2. The number of pyridine rings is 1. The molecule has 144 valence electrons. The minimum absolute atomic E-state index is 0.471. The number of hydrogen-bond donors (Lipinski definition) is 0. The van der Waals surface area contributed by atoms with Crippen LogP contribution < -0.4 is 9.47 Å². The summed E-state index contributed by atoms with van der Waals surface area (Å²) in [6.07, 6.45) is 6.56. The van der Waals surface area contributed by atoms with Gasteiger partial charge in [-0.1, -0.05) is 12.1 Å². The van der Waals surface area contributed by atoms with E-state index in [1.54, 1.807) is 20.4 Å². The van der Waals surface area contributed by atoms with E-state index in [4.69, 9.17) is 14.5 Å². The number of rotatable bonds is 4. The lowest BCUT2D eigenvalue weighted by molar-refractivity contribution is 0.365. The molecule has 0 radical (unpaired) electrons. The molecule has 3 heterocycles. The Bertz CT molecular complexity index is 1250. The molecule has 7 heteroatoms. The van der Waals surface area contributed by atoms with Gasteiger partial charge in [-0.2, -0.15) is 4.98 Å². The Balaban J connectivity index is 1.59. The molecule has 0 bridgehead atoms. The fourth-order valence-corrected chi connectivity index (χ4v) is 3.60. The minimum Gasteiger partial charge on any atom is -0.481 e. The van der Waals surface area contributed by atoms with Crippen LogP contribution in [0.2, 0.25) is 0 Å². The zero-order valence-corrected chi connectivity index (χ0v) is 16.4. The molecule has 0 spiro atoms. The Hall–Kier alpha value is -3.74. The van der Waals surface area contributed by atoms with Gasteiger partial charge in [-0.05, 0) is 17.7 Å². The third-order valence-corrected chi connectivity index (χ3v) is 5.13. The maximum Gasteiger partial charge on any atom is 0.216 e. The summed E-state index contributed by atoms with van der Waals surface area (Å²) in [4.78, 5) is 18.2. The monoisotopic (exact) mass is 385 g/mol. The summed E-state index contributed by atoms with van der Waals surface area (Å²) in [6, 6.07) is 9.94. The molecule has 5 rings (SSSR count). The number of imidazole rings is 1. The van der Waals surface area contributed by atoms with E-state index in [2.05, 4.69) is 33.2 Å². The van der Waals surface area contributed by atoms with E-state index in [1.165, 1.54) is 0 Å². The second kappa shape index (κ2) is 6.70. The van der Waals surface area contributed by atoms with Crippen molar-refractivity contribution in [1.82, 2.24) is 24.5 Å². The average molecular weight is 385 g/mol. The highest BCUT2D eigenvalue weighted by Gasteiger charge is 2.21. The predicted octanol–water partition coefficient (Wildman–Crippen LogP) is 3.43. The fourth-order valence-electron chi connectivity index (χ4n) is 3.60. The normalized spacial score (nSPS) is 12.7. The van der Waals surface area contributed by atoms with Gasteiger partial charge in [-0.15, -0.1) is 0 Å². The van der Waals surface area contributed by atoms with Crippen molar-refractivity contribution in [3.8, 4) is 23.0 Å². The zero-order valence-electron chi connectivity index (χ0n) is 16.4. The van der Waals surface area contributed by atoms with Gasteiger partial charge < -0.3 is 14.0 Å². The Morgan fingerprint density at radius 3 is 2.48 bits per heavy atom. The number of nitrogens with zero attached hydrogens (tertiary/aromatic N) is 5. The van der Waals surface area contributed by atoms with Gasteiger partial charge >= 0.3 is 0 Å². The number of hydrogen-bond acceptors (Lipinski definition) is 6. The number of ether oxygens (including phenoxy) is 2. The standard InChI is InChI=1S/C22H19N5O2/c1-27-12-24-16-6-4-13(8-19(16)27)15-5-7-17-22(15)25-18(11-23-17)14-9-20(28-2)26-21(10-14)29-3/h4-6,8-12H,7H2,1-3H3. The van der Waals surface area contributed by atoms with E-state index < -0.39 is 0 Å². The van der Waals surface area contributed by atoms with E-state index in [0.717, 1.165) is 51.2 Å². The summed E-state index contributed by atoms with van der Waals surface area (Å²) in [5.74, 6) is 0.943. The summed E-state index contributed by atoms with van der Waals surface area (Å²) >= 11 is 0. The minimum atomic E-state index is 0.471. The third-order valence-electron chi connectivity index (χ3n) is 5.13. The van der Waals surface area contributed by atoms with Crippen LogP contribution in [0.1, 0.15) is 17.0 Å². The first-order chi connectivity index (χ1) is 14.2. The van der Waals surface area contributed by atoms with Crippen LogP contribution in [0.5, 0.6) is 11.8 Å². The van der Waals surface area contributed by atoms with E-state index in [1.807, 2.05) is 36.1 Å². The molecular formula is C22H19N5O2. The summed E-state index contributed by atoms with van der Waals surface area (Å²) in [6.45, 7) is 0. The van der Waals surface area contributed by atoms with Gasteiger partial charge in [-0.25, -0.2) is 9.97 Å². The maximum absolute atomic E-state index is 5.29. The van der Waals surface area contributed by atoms with Crippen LogP contribution in [0, 0.1) is 0 Å². The Morgan fingerprint density at radius 2 is 1.72 bits per heavy atom. The number of fused-ring (bicyclic) bond motifs is 2. The molecule has 0 saturated heterocycles. The molecule has 0 amide bonds. The Labute approximate surface area is 167 Å². The highest BCUT2D eigenvalue weighted by molar-refractivity contribution is 5.88. The lowest BCUT2D eigenvalue weighted by Crippen LogP contribution is -1.99. The van der Waals surface area contributed by atoms with Crippen molar-refractivity contribution in [3.05, 3.63) is 65.9 Å². The first kappa shape index (κ1) is 17.4. The Morgan fingerprint density at radius 1 is 0.931 bits per heavy atom. The van der Waals surface area contributed by atoms with E-state index >= 15 is 0 Å². The molecule has 0 aliphatic heterocycles. The number of allylic oxidation sites excluding steroid dienone is 1. The third kappa shape index (κ3) is 2.91. The molecule has 4 aromatic rings. The molecule has 0 atom stereocenters. The summed E-state index contributed by atoms with van der Waals surface area (Å²) in [5, 5.41) is 0. The van der Waals surface area contributed by atoms with Crippen molar-refractivity contribution < 1.29 is 9.47 Å². The van der Waals surface area contributed by atoms with Gasteiger partial charge in [0.25, 0.3) is 0 Å². The molecule has 0 saturated carbocycles. The fraction of sp³-hybridized carbons (Fsp3) is 0.182. The molecule has 0 unspecified atom stereocenters. The van der Waals surface area contributed by atoms with Crippen LogP contribution in [0.15, 0.2) is 48.9 Å². The number of benzene rings is 1. The largest absolute Gasteiger partial charge is 0.481 e. The smallest absolute Gasteiger partial charge is 0.216 e. The molecule has 3 aromatic heterocycles. The molecule has 1 aliphatic rings. The van der Waals surface area contributed by atoms with Gasteiger partial charge in [0.15, 0.2) is 0 Å². The van der Waals surface area contributed by atoms with Crippen LogP contribution in [-0.4, -0.2) is 38.7 Å². The van der Waals surface area contributed by atoms with E-state index in [0.29, 0.717) is 11.8 Å². The molecular weight excluding hydrogens is 366 g/mol. The second-order valence-electron chi connectivity index (χ2n) is 6.87. The summed E-state index contributed by atoms with van der Waals surface area (Å²) < 4.78 is 12.6. The van der Waals surface area contributed by atoms with Crippen LogP contribution in [0.4, 0.5) is 0 Å². The van der Waals surface area contributed by atoms with E-state index in [9.17, 15) is 0 Å².